The van der Waals surface area contributed by atoms with E-state index in [0.29, 0.717) is 6.42 Å². The van der Waals surface area contributed by atoms with E-state index < -0.39 is 21.5 Å². The van der Waals surface area contributed by atoms with Crippen molar-refractivity contribution in [3.8, 4) is 0 Å². The third-order valence-electron chi connectivity index (χ3n) is 2.83. The maximum atomic E-state index is 12.1. The van der Waals surface area contributed by atoms with Gasteiger partial charge in [-0.25, -0.2) is 8.42 Å². The SMILES string of the molecule is CCCS(=O)(=O)CC(=O)NC(c1cccs1)c1cccs1. The van der Waals surface area contributed by atoms with E-state index in [1.807, 2.05) is 35.0 Å². The number of hydrogen-bond acceptors (Lipinski definition) is 5. The molecule has 0 fully saturated rings. The second-order valence-corrected chi connectivity index (χ2v) is 8.77. The van der Waals surface area contributed by atoms with Crippen LogP contribution in [-0.4, -0.2) is 25.8 Å². The molecule has 0 saturated heterocycles. The summed E-state index contributed by atoms with van der Waals surface area (Å²) < 4.78 is 23.5. The lowest BCUT2D eigenvalue weighted by Gasteiger charge is -2.16. The molecule has 1 N–H and O–H groups in total. The summed E-state index contributed by atoms with van der Waals surface area (Å²) in [5.74, 6) is -0.854. The van der Waals surface area contributed by atoms with Crippen molar-refractivity contribution >= 4 is 38.4 Å². The Morgan fingerprint density at radius 1 is 1.19 bits per heavy atom. The molecule has 0 saturated carbocycles. The molecule has 0 radical (unpaired) electrons. The van der Waals surface area contributed by atoms with Gasteiger partial charge in [0.05, 0.1) is 11.8 Å². The first-order valence-corrected chi connectivity index (χ1v) is 10.2. The van der Waals surface area contributed by atoms with Crippen molar-refractivity contribution in [2.45, 2.75) is 19.4 Å². The van der Waals surface area contributed by atoms with Crippen LogP contribution in [0.15, 0.2) is 35.0 Å². The summed E-state index contributed by atoms with van der Waals surface area (Å²) in [6.45, 7) is 1.79. The van der Waals surface area contributed by atoms with Gasteiger partial charge in [-0.05, 0) is 29.3 Å². The molecule has 1 amide bonds. The van der Waals surface area contributed by atoms with E-state index in [1.54, 1.807) is 29.6 Å². The number of nitrogens with one attached hydrogen (secondary N) is 1. The van der Waals surface area contributed by atoms with Crippen molar-refractivity contribution in [1.29, 1.82) is 0 Å². The minimum atomic E-state index is -3.32. The van der Waals surface area contributed by atoms with Gasteiger partial charge >= 0.3 is 0 Å². The Bertz CT molecular complexity index is 626. The monoisotopic (exact) mass is 343 g/mol. The van der Waals surface area contributed by atoms with Gasteiger partial charge in [0.1, 0.15) is 5.75 Å². The Labute approximate surface area is 132 Å². The summed E-state index contributed by atoms with van der Waals surface area (Å²) in [4.78, 5) is 14.1. The van der Waals surface area contributed by atoms with Gasteiger partial charge in [-0.2, -0.15) is 0 Å². The van der Waals surface area contributed by atoms with Crippen LogP contribution in [0, 0.1) is 0 Å². The number of carbonyl (C=O) groups excluding carboxylic acids is 1. The lowest BCUT2D eigenvalue weighted by atomic mass is 10.2. The molecular formula is C14H17NO3S3. The standard InChI is InChI=1S/C14H17NO3S3/c1-2-9-21(17,18)10-13(16)15-14(11-5-3-7-19-11)12-6-4-8-20-12/h3-8,14H,2,9-10H2,1H3,(H,15,16). The number of carbonyl (C=O) groups is 1. The summed E-state index contributed by atoms with van der Waals surface area (Å²) in [5.41, 5.74) is 0. The average molecular weight is 343 g/mol. The fourth-order valence-electron chi connectivity index (χ4n) is 1.98. The molecular weight excluding hydrogens is 326 g/mol. The number of sulfone groups is 1. The predicted molar refractivity (Wildman–Crippen MR) is 87.6 cm³/mol. The molecule has 21 heavy (non-hydrogen) atoms. The molecule has 0 unspecified atom stereocenters. The van der Waals surface area contributed by atoms with E-state index in [2.05, 4.69) is 5.32 Å². The molecule has 0 spiro atoms. The molecule has 2 heterocycles. The lowest BCUT2D eigenvalue weighted by Crippen LogP contribution is -2.34. The van der Waals surface area contributed by atoms with Crippen LogP contribution in [0.3, 0.4) is 0 Å². The zero-order chi connectivity index (χ0) is 15.3. The normalized spacial score (nSPS) is 11.7. The van der Waals surface area contributed by atoms with Crippen molar-refractivity contribution < 1.29 is 13.2 Å². The second kappa shape index (κ2) is 7.20. The fourth-order valence-corrected chi connectivity index (χ4v) is 4.89. The fraction of sp³-hybridized carbons (Fsp3) is 0.357. The predicted octanol–water partition coefficient (Wildman–Crippen LogP) is 2.84. The van der Waals surface area contributed by atoms with E-state index in [1.165, 1.54) is 0 Å². The van der Waals surface area contributed by atoms with Crippen LogP contribution in [0.5, 0.6) is 0 Å². The van der Waals surface area contributed by atoms with Gasteiger partial charge in [0.25, 0.3) is 0 Å². The van der Waals surface area contributed by atoms with Gasteiger partial charge in [-0.15, -0.1) is 22.7 Å². The first-order valence-electron chi connectivity index (χ1n) is 6.58. The van der Waals surface area contributed by atoms with Gasteiger partial charge in [-0.1, -0.05) is 19.1 Å². The lowest BCUT2D eigenvalue weighted by molar-refractivity contribution is -0.119. The van der Waals surface area contributed by atoms with E-state index >= 15 is 0 Å². The van der Waals surface area contributed by atoms with Gasteiger partial charge in [0.2, 0.25) is 5.91 Å². The zero-order valence-corrected chi connectivity index (χ0v) is 14.1. The van der Waals surface area contributed by atoms with E-state index in [9.17, 15) is 13.2 Å². The Morgan fingerprint density at radius 2 is 1.76 bits per heavy atom. The summed E-state index contributed by atoms with van der Waals surface area (Å²) in [6.07, 6.45) is 0.523. The largest absolute Gasteiger partial charge is 0.343 e. The molecule has 0 atom stereocenters. The number of thiophene rings is 2. The number of rotatable bonds is 7. The first kappa shape index (κ1) is 16.2. The first-order chi connectivity index (χ1) is 10.0. The molecule has 0 aliphatic carbocycles. The van der Waals surface area contributed by atoms with Crippen molar-refractivity contribution in [2.24, 2.45) is 0 Å². The van der Waals surface area contributed by atoms with E-state index in [0.717, 1.165) is 9.75 Å². The summed E-state index contributed by atoms with van der Waals surface area (Å²) in [6, 6.07) is 7.45. The highest BCUT2D eigenvalue weighted by Crippen LogP contribution is 2.29. The van der Waals surface area contributed by atoms with Crippen molar-refractivity contribution in [3.05, 3.63) is 44.8 Å². The van der Waals surface area contributed by atoms with Crippen molar-refractivity contribution in [1.82, 2.24) is 5.32 Å². The van der Waals surface area contributed by atoms with Crippen LogP contribution in [0.2, 0.25) is 0 Å². The van der Waals surface area contributed by atoms with Crippen LogP contribution in [0.1, 0.15) is 29.1 Å². The summed E-state index contributed by atoms with van der Waals surface area (Å²) in [5, 5.41) is 6.72. The molecule has 114 valence electrons. The summed E-state index contributed by atoms with van der Waals surface area (Å²) in [7, 11) is -3.32. The molecule has 0 aromatic carbocycles. The van der Waals surface area contributed by atoms with Crippen molar-refractivity contribution in [2.75, 3.05) is 11.5 Å². The van der Waals surface area contributed by atoms with Crippen LogP contribution in [0.4, 0.5) is 0 Å². The van der Waals surface area contributed by atoms with Gasteiger partial charge in [0.15, 0.2) is 9.84 Å². The summed E-state index contributed by atoms with van der Waals surface area (Å²) >= 11 is 3.08. The molecule has 0 bridgehead atoms. The van der Waals surface area contributed by atoms with Crippen LogP contribution in [0.25, 0.3) is 0 Å². The minimum Gasteiger partial charge on any atom is -0.343 e. The Morgan fingerprint density at radius 3 is 2.19 bits per heavy atom. The Kier molecular flexibility index (Phi) is 5.55. The Balaban J connectivity index is 2.12. The molecule has 2 rings (SSSR count). The molecule has 2 aromatic rings. The quantitative estimate of drug-likeness (QED) is 0.841. The van der Waals surface area contributed by atoms with Gasteiger partial charge in [0, 0.05) is 9.75 Å². The molecule has 0 aliphatic heterocycles. The highest BCUT2D eigenvalue weighted by Gasteiger charge is 2.22. The van der Waals surface area contributed by atoms with E-state index in [4.69, 9.17) is 0 Å². The number of hydrogen-bond donors (Lipinski definition) is 1. The maximum Gasteiger partial charge on any atom is 0.236 e. The highest BCUT2D eigenvalue weighted by molar-refractivity contribution is 7.92. The molecule has 4 nitrogen and oxygen atoms in total. The third kappa shape index (κ3) is 4.66. The second-order valence-electron chi connectivity index (χ2n) is 4.62. The highest BCUT2D eigenvalue weighted by atomic mass is 32.2. The van der Waals surface area contributed by atoms with Gasteiger partial charge in [-0.3, -0.25) is 4.79 Å². The third-order valence-corrected chi connectivity index (χ3v) is 6.43. The van der Waals surface area contributed by atoms with E-state index in [-0.39, 0.29) is 11.8 Å². The topological polar surface area (TPSA) is 63.2 Å². The minimum absolute atomic E-state index is 0.0447. The maximum absolute atomic E-state index is 12.1. The van der Waals surface area contributed by atoms with Gasteiger partial charge < -0.3 is 5.32 Å². The zero-order valence-electron chi connectivity index (χ0n) is 11.6. The smallest absolute Gasteiger partial charge is 0.236 e. The average Bonchev–Trinajstić information content (AvgIpc) is 3.09. The molecule has 7 heteroatoms. The molecule has 0 aliphatic rings. The van der Waals surface area contributed by atoms with Crippen LogP contribution in [-0.2, 0) is 14.6 Å². The molecule has 2 aromatic heterocycles. The number of amides is 1. The van der Waals surface area contributed by atoms with Crippen LogP contribution < -0.4 is 5.32 Å². The Hall–Kier alpha value is -1.18. The van der Waals surface area contributed by atoms with Crippen molar-refractivity contribution in [3.63, 3.8) is 0 Å². The van der Waals surface area contributed by atoms with Crippen LogP contribution >= 0.6 is 22.7 Å².